The van der Waals surface area contributed by atoms with Crippen molar-refractivity contribution in [3.8, 4) is 17.0 Å². The SMILES string of the molecule is COC(=O)COc1cnc2nc(-c3cc(NC(=O)c4oc(C)nc4C)ccc3F)cn2c1. The van der Waals surface area contributed by atoms with E-state index in [4.69, 9.17) is 9.15 Å². The van der Waals surface area contributed by atoms with Gasteiger partial charge in [0, 0.05) is 24.4 Å². The molecule has 1 amide bonds. The molecule has 0 unspecified atom stereocenters. The van der Waals surface area contributed by atoms with Crippen LogP contribution in [0.3, 0.4) is 0 Å². The fourth-order valence-corrected chi connectivity index (χ4v) is 3.00. The third kappa shape index (κ3) is 4.26. The molecule has 0 bridgehead atoms. The zero-order valence-corrected chi connectivity index (χ0v) is 17.4. The lowest BCUT2D eigenvalue weighted by molar-refractivity contribution is -0.142. The number of methoxy groups -OCH3 is 1. The van der Waals surface area contributed by atoms with Gasteiger partial charge in [-0.05, 0) is 25.1 Å². The van der Waals surface area contributed by atoms with Crippen molar-refractivity contribution in [3.05, 3.63) is 60.0 Å². The number of nitrogens with zero attached hydrogens (tertiary/aromatic N) is 4. The van der Waals surface area contributed by atoms with E-state index in [2.05, 4.69) is 25.0 Å². The first-order chi connectivity index (χ1) is 15.3. The number of halogens is 1. The highest BCUT2D eigenvalue weighted by Gasteiger charge is 2.18. The first-order valence-electron chi connectivity index (χ1n) is 9.43. The summed E-state index contributed by atoms with van der Waals surface area (Å²) in [7, 11) is 1.26. The van der Waals surface area contributed by atoms with Gasteiger partial charge in [0.1, 0.15) is 5.82 Å². The molecule has 4 aromatic rings. The zero-order chi connectivity index (χ0) is 22.8. The van der Waals surface area contributed by atoms with Crippen LogP contribution in [0.1, 0.15) is 22.1 Å². The quantitative estimate of drug-likeness (QED) is 0.455. The van der Waals surface area contributed by atoms with Gasteiger partial charge in [-0.25, -0.2) is 24.1 Å². The lowest BCUT2D eigenvalue weighted by atomic mass is 10.1. The number of anilines is 1. The number of hydrogen-bond acceptors (Lipinski definition) is 8. The average molecular weight is 439 g/mol. The molecule has 3 aromatic heterocycles. The fourth-order valence-electron chi connectivity index (χ4n) is 3.00. The largest absolute Gasteiger partial charge is 0.479 e. The van der Waals surface area contributed by atoms with Gasteiger partial charge in [0.05, 0.1) is 30.9 Å². The second kappa shape index (κ2) is 8.46. The average Bonchev–Trinajstić information content (AvgIpc) is 3.35. The number of ether oxygens (including phenoxy) is 2. The molecule has 0 fully saturated rings. The molecule has 0 aliphatic carbocycles. The molecule has 3 heterocycles. The highest BCUT2D eigenvalue weighted by Crippen LogP contribution is 2.26. The van der Waals surface area contributed by atoms with E-state index in [0.717, 1.165) is 0 Å². The molecule has 0 radical (unpaired) electrons. The van der Waals surface area contributed by atoms with Gasteiger partial charge in [-0.3, -0.25) is 9.20 Å². The number of aryl methyl sites for hydroxylation is 2. The van der Waals surface area contributed by atoms with E-state index in [0.29, 0.717) is 34.5 Å². The number of nitrogens with one attached hydrogen (secondary N) is 1. The molecule has 1 N–H and O–H groups in total. The predicted octanol–water partition coefficient (Wildman–Crippen LogP) is 2.94. The zero-order valence-electron chi connectivity index (χ0n) is 17.4. The number of imidazole rings is 1. The monoisotopic (exact) mass is 439 g/mol. The van der Waals surface area contributed by atoms with Gasteiger partial charge in [0.25, 0.3) is 5.91 Å². The summed E-state index contributed by atoms with van der Waals surface area (Å²) in [5, 5.41) is 2.67. The number of oxazole rings is 1. The van der Waals surface area contributed by atoms with E-state index in [1.807, 2.05) is 0 Å². The van der Waals surface area contributed by atoms with Crippen molar-refractivity contribution in [2.75, 3.05) is 19.0 Å². The van der Waals surface area contributed by atoms with Crippen LogP contribution in [0.4, 0.5) is 10.1 Å². The van der Waals surface area contributed by atoms with Gasteiger partial charge in [0.15, 0.2) is 18.2 Å². The van der Waals surface area contributed by atoms with Crippen LogP contribution in [0.2, 0.25) is 0 Å². The Kier molecular flexibility index (Phi) is 5.54. The van der Waals surface area contributed by atoms with Crippen molar-refractivity contribution in [2.24, 2.45) is 0 Å². The minimum Gasteiger partial charge on any atom is -0.479 e. The maximum atomic E-state index is 14.6. The molecule has 4 rings (SSSR count). The molecule has 10 nitrogen and oxygen atoms in total. The summed E-state index contributed by atoms with van der Waals surface area (Å²) >= 11 is 0. The van der Waals surface area contributed by atoms with Gasteiger partial charge in [-0.15, -0.1) is 0 Å². The number of carbonyl (C=O) groups is 2. The molecule has 0 spiro atoms. The first kappa shape index (κ1) is 21.0. The predicted molar refractivity (Wildman–Crippen MR) is 110 cm³/mol. The van der Waals surface area contributed by atoms with Crippen LogP contribution < -0.4 is 10.1 Å². The van der Waals surface area contributed by atoms with Gasteiger partial charge in [-0.2, -0.15) is 0 Å². The lowest BCUT2D eigenvalue weighted by Crippen LogP contribution is -2.12. The number of hydrogen-bond donors (Lipinski definition) is 1. The smallest absolute Gasteiger partial charge is 0.343 e. The third-order valence-electron chi connectivity index (χ3n) is 4.48. The summed E-state index contributed by atoms with van der Waals surface area (Å²) < 4.78 is 31.2. The molecule has 32 heavy (non-hydrogen) atoms. The second-order valence-corrected chi connectivity index (χ2v) is 6.78. The van der Waals surface area contributed by atoms with E-state index < -0.39 is 17.7 Å². The number of rotatable bonds is 6. The highest BCUT2D eigenvalue weighted by atomic mass is 19.1. The summed E-state index contributed by atoms with van der Waals surface area (Å²) in [6.07, 6.45) is 4.51. The van der Waals surface area contributed by atoms with Crippen LogP contribution in [0, 0.1) is 19.7 Å². The van der Waals surface area contributed by atoms with E-state index in [-0.39, 0.29) is 17.9 Å². The third-order valence-corrected chi connectivity index (χ3v) is 4.48. The highest BCUT2D eigenvalue weighted by molar-refractivity contribution is 6.03. The summed E-state index contributed by atoms with van der Waals surface area (Å²) in [5.74, 6) is -0.486. The summed E-state index contributed by atoms with van der Waals surface area (Å²) in [6.45, 7) is 3.03. The van der Waals surface area contributed by atoms with E-state index in [9.17, 15) is 14.0 Å². The van der Waals surface area contributed by atoms with Crippen molar-refractivity contribution in [1.29, 1.82) is 0 Å². The van der Waals surface area contributed by atoms with Crippen molar-refractivity contribution < 1.29 is 27.9 Å². The van der Waals surface area contributed by atoms with E-state index >= 15 is 0 Å². The number of fused-ring (bicyclic) bond motifs is 1. The lowest BCUT2D eigenvalue weighted by Gasteiger charge is -2.06. The standard InChI is InChI=1S/C21H18FN5O5/c1-11-19(32-12(2)24-11)20(29)25-13-4-5-16(22)15(6-13)17-9-27-8-14(7-23-21(27)26-17)31-10-18(28)30-3/h4-9H,10H2,1-3H3,(H,25,29). The fraction of sp³-hybridized carbons (Fsp3) is 0.190. The van der Waals surface area contributed by atoms with Crippen LogP contribution in [0.5, 0.6) is 5.75 Å². The summed E-state index contributed by atoms with van der Waals surface area (Å²) in [5.41, 5.74) is 1.27. The van der Waals surface area contributed by atoms with Crippen LogP contribution in [0.15, 0.2) is 41.2 Å². The number of esters is 1. The van der Waals surface area contributed by atoms with Crippen molar-refractivity contribution in [1.82, 2.24) is 19.4 Å². The van der Waals surface area contributed by atoms with Crippen molar-refractivity contribution in [3.63, 3.8) is 0 Å². The molecular weight excluding hydrogens is 421 g/mol. The molecule has 11 heteroatoms. The molecule has 0 saturated carbocycles. The Balaban J connectivity index is 1.59. The van der Waals surface area contributed by atoms with Gasteiger partial charge < -0.3 is 19.2 Å². The molecule has 0 saturated heterocycles. The van der Waals surface area contributed by atoms with Crippen LogP contribution in [0.25, 0.3) is 17.0 Å². The molecule has 0 aliphatic rings. The minimum atomic E-state index is -0.534. The van der Waals surface area contributed by atoms with Crippen LogP contribution >= 0.6 is 0 Å². The van der Waals surface area contributed by atoms with E-state index in [1.54, 1.807) is 26.2 Å². The van der Waals surface area contributed by atoms with Crippen LogP contribution in [-0.4, -0.2) is 44.9 Å². The summed E-state index contributed by atoms with van der Waals surface area (Å²) in [6, 6.07) is 4.12. The van der Waals surface area contributed by atoms with Crippen molar-refractivity contribution >= 4 is 23.3 Å². The molecular formula is C21H18FN5O5. The van der Waals surface area contributed by atoms with Crippen LogP contribution in [-0.2, 0) is 9.53 Å². The number of amides is 1. The minimum absolute atomic E-state index is 0.0878. The van der Waals surface area contributed by atoms with Gasteiger partial charge >= 0.3 is 5.97 Å². The Hall–Kier alpha value is -4.28. The Morgan fingerprint density at radius 2 is 2.03 bits per heavy atom. The number of carbonyl (C=O) groups excluding carboxylic acids is 2. The maximum absolute atomic E-state index is 14.6. The Bertz CT molecular complexity index is 1330. The maximum Gasteiger partial charge on any atom is 0.343 e. The number of aromatic nitrogens is 4. The second-order valence-electron chi connectivity index (χ2n) is 6.78. The van der Waals surface area contributed by atoms with Gasteiger partial charge in [0.2, 0.25) is 11.5 Å². The topological polar surface area (TPSA) is 121 Å². The molecule has 1 aromatic carbocycles. The normalized spacial score (nSPS) is 10.9. The first-order valence-corrected chi connectivity index (χ1v) is 9.43. The molecule has 0 atom stereocenters. The molecule has 164 valence electrons. The Labute approximate surface area is 181 Å². The summed E-state index contributed by atoms with van der Waals surface area (Å²) in [4.78, 5) is 36.2. The van der Waals surface area contributed by atoms with Gasteiger partial charge in [-0.1, -0.05) is 0 Å². The van der Waals surface area contributed by atoms with E-state index in [1.165, 1.54) is 35.9 Å². The number of benzene rings is 1. The van der Waals surface area contributed by atoms with Crippen molar-refractivity contribution in [2.45, 2.75) is 13.8 Å². The Morgan fingerprint density at radius 3 is 2.75 bits per heavy atom. The molecule has 0 aliphatic heterocycles. The Morgan fingerprint density at radius 1 is 1.22 bits per heavy atom.